The van der Waals surface area contributed by atoms with E-state index in [-0.39, 0.29) is 5.91 Å². The molecule has 0 unspecified atom stereocenters. The molecule has 1 fully saturated rings. The molecule has 0 N–H and O–H groups in total. The summed E-state index contributed by atoms with van der Waals surface area (Å²) in [5, 5.41) is 8.72. The second kappa shape index (κ2) is 10.3. The van der Waals surface area contributed by atoms with Gasteiger partial charge in [0.05, 0.1) is 25.7 Å². The number of hydrogen-bond donors (Lipinski definition) is 0. The van der Waals surface area contributed by atoms with Gasteiger partial charge in [-0.25, -0.2) is 0 Å². The molecule has 1 saturated heterocycles. The summed E-state index contributed by atoms with van der Waals surface area (Å²) in [6, 6.07) is 2.11. The van der Waals surface area contributed by atoms with E-state index in [0.29, 0.717) is 19.5 Å². The Balaban J connectivity index is 2.43. The molecule has 21 heavy (non-hydrogen) atoms. The van der Waals surface area contributed by atoms with Crippen molar-refractivity contribution < 1.29 is 9.53 Å². The lowest BCUT2D eigenvalue weighted by molar-refractivity contribution is -0.126. The van der Waals surface area contributed by atoms with Crippen molar-refractivity contribution >= 4 is 5.91 Å². The van der Waals surface area contributed by atoms with Gasteiger partial charge in [0.25, 0.3) is 0 Å². The molecule has 0 spiro atoms. The maximum absolute atomic E-state index is 12.2. The molecule has 0 aromatic heterocycles. The van der Waals surface area contributed by atoms with Crippen LogP contribution in [-0.4, -0.2) is 87.2 Å². The van der Waals surface area contributed by atoms with E-state index in [4.69, 9.17) is 10.00 Å². The van der Waals surface area contributed by atoms with Crippen molar-refractivity contribution in [3.8, 4) is 6.07 Å². The quantitative estimate of drug-likeness (QED) is 0.598. The minimum atomic E-state index is -0.0136. The van der Waals surface area contributed by atoms with Crippen molar-refractivity contribution in [3.05, 3.63) is 12.2 Å². The molecule has 118 valence electrons. The molecule has 0 atom stereocenters. The average molecular weight is 294 g/mol. The number of ether oxygens (including phenoxy) is 1. The third-order valence-corrected chi connectivity index (χ3v) is 3.33. The maximum atomic E-state index is 12.2. The van der Waals surface area contributed by atoms with Crippen LogP contribution in [-0.2, 0) is 9.53 Å². The van der Waals surface area contributed by atoms with Gasteiger partial charge in [-0.05, 0) is 14.1 Å². The predicted molar refractivity (Wildman–Crippen MR) is 81.8 cm³/mol. The largest absolute Gasteiger partial charge is 0.379 e. The minimum absolute atomic E-state index is 0.0136. The highest BCUT2D eigenvalue weighted by Crippen LogP contribution is 2.00. The van der Waals surface area contributed by atoms with E-state index in [0.717, 1.165) is 39.4 Å². The number of amides is 1. The van der Waals surface area contributed by atoms with Crippen LogP contribution in [0.3, 0.4) is 0 Å². The van der Waals surface area contributed by atoms with Crippen molar-refractivity contribution in [1.82, 2.24) is 14.7 Å². The number of nitriles is 1. The summed E-state index contributed by atoms with van der Waals surface area (Å²) in [6.07, 6.45) is 3.84. The molecule has 0 bridgehead atoms. The zero-order valence-corrected chi connectivity index (χ0v) is 13.1. The van der Waals surface area contributed by atoms with Gasteiger partial charge in [0.2, 0.25) is 5.91 Å². The Morgan fingerprint density at radius 3 is 2.67 bits per heavy atom. The molecule has 0 aliphatic carbocycles. The number of carbonyl (C=O) groups excluding carboxylic acids is 1. The number of carbonyl (C=O) groups is 1. The first kappa shape index (κ1) is 17.6. The highest BCUT2D eigenvalue weighted by molar-refractivity contribution is 5.87. The van der Waals surface area contributed by atoms with Crippen LogP contribution in [0, 0.1) is 11.3 Å². The lowest BCUT2D eigenvalue weighted by Crippen LogP contribution is -2.43. The molecule has 1 aliphatic rings. The van der Waals surface area contributed by atoms with Crippen LogP contribution in [0.2, 0.25) is 0 Å². The van der Waals surface area contributed by atoms with E-state index in [1.54, 1.807) is 11.0 Å². The standard InChI is InChI=1S/C15H26N4O2/c1-17(2)7-3-5-15(20)19(8-4-6-16)10-9-18-11-13-21-14-12-18/h3,5H,4,7-14H2,1-2H3/b5-3+. The molecule has 1 amide bonds. The van der Waals surface area contributed by atoms with Gasteiger partial charge in [-0.3, -0.25) is 9.69 Å². The zero-order valence-electron chi connectivity index (χ0n) is 13.1. The molecule has 1 aliphatic heterocycles. The third kappa shape index (κ3) is 7.81. The van der Waals surface area contributed by atoms with E-state index in [2.05, 4.69) is 11.0 Å². The van der Waals surface area contributed by atoms with Crippen LogP contribution in [0.25, 0.3) is 0 Å². The average Bonchev–Trinajstić information content (AvgIpc) is 2.48. The Kier molecular flexibility index (Phi) is 8.67. The molecule has 0 saturated carbocycles. The molecule has 0 aromatic rings. The van der Waals surface area contributed by atoms with Crippen LogP contribution < -0.4 is 0 Å². The summed E-state index contributed by atoms with van der Waals surface area (Å²) in [5.41, 5.74) is 0. The Morgan fingerprint density at radius 1 is 1.33 bits per heavy atom. The van der Waals surface area contributed by atoms with Crippen molar-refractivity contribution in [3.63, 3.8) is 0 Å². The topological polar surface area (TPSA) is 59.8 Å². The van der Waals surface area contributed by atoms with Gasteiger partial charge in [-0.1, -0.05) is 6.08 Å². The highest BCUT2D eigenvalue weighted by atomic mass is 16.5. The summed E-state index contributed by atoms with van der Waals surface area (Å²) in [4.78, 5) is 18.2. The summed E-state index contributed by atoms with van der Waals surface area (Å²) in [5.74, 6) is -0.0136. The number of rotatable bonds is 8. The highest BCUT2D eigenvalue weighted by Gasteiger charge is 2.14. The van der Waals surface area contributed by atoms with Crippen LogP contribution >= 0.6 is 0 Å². The zero-order chi connectivity index (χ0) is 15.5. The molecule has 6 nitrogen and oxygen atoms in total. The second-order valence-electron chi connectivity index (χ2n) is 5.35. The first-order chi connectivity index (χ1) is 10.1. The summed E-state index contributed by atoms with van der Waals surface area (Å²) in [6.45, 7) is 6.07. The van der Waals surface area contributed by atoms with Gasteiger partial charge in [0.1, 0.15) is 0 Å². The fourth-order valence-electron chi connectivity index (χ4n) is 2.07. The van der Waals surface area contributed by atoms with Gasteiger partial charge in [-0.2, -0.15) is 5.26 Å². The first-order valence-corrected chi connectivity index (χ1v) is 7.40. The molecule has 0 aromatic carbocycles. The molecule has 1 rings (SSSR count). The van der Waals surface area contributed by atoms with E-state index in [1.165, 1.54) is 0 Å². The minimum Gasteiger partial charge on any atom is -0.379 e. The second-order valence-corrected chi connectivity index (χ2v) is 5.35. The molecule has 6 heteroatoms. The summed E-state index contributed by atoms with van der Waals surface area (Å²) >= 11 is 0. The Labute approximate surface area is 127 Å². The van der Waals surface area contributed by atoms with Crippen LogP contribution in [0.4, 0.5) is 0 Å². The van der Waals surface area contributed by atoms with Crippen LogP contribution in [0.1, 0.15) is 6.42 Å². The Morgan fingerprint density at radius 2 is 2.05 bits per heavy atom. The van der Waals surface area contributed by atoms with Crippen molar-refractivity contribution in [2.24, 2.45) is 0 Å². The van der Waals surface area contributed by atoms with Gasteiger partial charge < -0.3 is 14.5 Å². The lowest BCUT2D eigenvalue weighted by atomic mass is 10.3. The summed E-state index contributed by atoms with van der Waals surface area (Å²) < 4.78 is 5.31. The molecular formula is C15H26N4O2. The molecule has 0 radical (unpaired) electrons. The Hall–Kier alpha value is -1.42. The van der Waals surface area contributed by atoms with Crippen molar-refractivity contribution in [2.45, 2.75) is 6.42 Å². The molecule has 1 heterocycles. The maximum Gasteiger partial charge on any atom is 0.246 e. The fourth-order valence-corrected chi connectivity index (χ4v) is 2.07. The normalized spacial score (nSPS) is 16.3. The number of likely N-dealkylation sites (N-methyl/N-ethyl adjacent to an activating group) is 1. The molecular weight excluding hydrogens is 268 g/mol. The van der Waals surface area contributed by atoms with Gasteiger partial charge >= 0.3 is 0 Å². The van der Waals surface area contributed by atoms with Crippen LogP contribution in [0.5, 0.6) is 0 Å². The first-order valence-electron chi connectivity index (χ1n) is 7.40. The van der Waals surface area contributed by atoms with E-state index < -0.39 is 0 Å². The number of hydrogen-bond acceptors (Lipinski definition) is 5. The van der Waals surface area contributed by atoms with Crippen molar-refractivity contribution in [2.75, 3.05) is 66.6 Å². The van der Waals surface area contributed by atoms with Crippen molar-refractivity contribution in [1.29, 1.82) is 5.26 Å². The number of nitrogens with zero attached hydrogens (tertiary/aromatic N) is 4. The monoisotopic (exact) mass is 294 g/mol. The van der Waals surface area contributed by atoms with Gasteiger partial charge in [0.15, 0.2) is 0 Å². The SMILES string of the molecule is CN(C)C/C=C/C(=O)N(CCC#N)CCN1CCOCC1. The number of morpholine rings is 1. The van der Waals surface area contributed by atoms with E-state index >= 15 is 0 Å². The summed E-state index contributed by atoms with van der Waals surface area (Å²) in [7, 11) is 3.92. The predicted octanol–water partition coefficient (Wildman–Crippen LogP) is 0.179. The third-order valence-electron chi connectivity index (χ3n) is 3.33. The van der Waals surface area contributed by atoms with E-state index in [1.807, 2.05) is 25.1 Å². The van der Waals surface area contributed by atoms with Gasteiger partial charge in [0, 0.05) is 45.3 Å². The van der Waals surface area contributed by atoms with Gasteiger partial charge in [-0.15, -0.1) is 0 Å². The van der Waals surface area contributed by atoms with Crippen LogP contribution in [0.15, 0.2) is 12.2 Å². The Bertz CT molecular complexity index is 370. The lowest BCUT2D eigenvalue weighted by Gasteiger charge is -2.29. The smallest absolute Gasteiger partial charge is 0.246 e. The fraction of sp³-hybridized carbons (Fsp3) is 0.733. The van der Waals surface area contributed by atoms with E-state index in [9.17, 15) is 4.79 Å².